The zero-order valence-electron chi connectivity index (χ0n) is 16.5. The van der Waals surface area contributed by atoms with Gasteiger partial charge in [0.25, 0.3) is 0 Å². The molecule has 1 N–H and O–H groups in total. The van der Waals surface area contributed by atoms with Crippen molar-refractivity contribution in [2.24, 2.45) is 0 Å². The average molecular weight is 372 g/mol. The third-order valence-electron chi connectivity index (χ3n) is 4.10. The van der Waals surface area contributed by atoms with Crippen LogP contribution in [0.3, 0.4) is 0 Å². The number of nitrogens with one attached hydrogen (secondary N) is 1. The van der Waals surface area contributed by atoms with E-state index in [2.05, 4.69) is 29.3 Å². The molecule has 0 spiro atoms. The maximum atomic E-state index is 12.6. The van der Waals surface area contributed by atoms with Crippen molar-refractivity contribution in [1.82, 2.24) is 4.90 Å². The van der Waals surface area contributed by atoms with Crippen LogP contribution in [0.15, 0.2) is 42.5 Å². The fourth-order valence-electron chi connectivity index (χ4n) is 2.93. The lowest BCUT2D eigenvalue weighted by Crippen LogP contribution is -2.33. The number of hydrogen-bond donors (Lipinski definition) is 1. The summed E-state index contributed by atoms with van der Waals surface area (Å²) in [7, 11) is 4.64. The molecule has 0 bridgehead atoms. The van der Waals surface area contributed by atoms with E-state index >= 15 is 0 Å². The zero-order valence-corrected chi connectivity index (χ0v) is 16.5. The fourth-order valence-corrected chi connectivity index (χ4v) is 2.93. The molecule has 0 fully saturated rings. The van der Waals surface area contributed by atoms with Crippen molar-refractivity contribution in [1.29, 1.82) is 0 Å². The highest BCUT2D eigenvalue weighted by atomic mass is 16.5. The number of carbonyl (C=O) groups is 1. The Morgan fingerprint density at radius 1 is 1.00 bits per heavy atom. The second-order valence-corrected chi connectivity index (χ2v) is 6.16. The molecule has 0 saturated carbocycles. The molecule has 0 atom stereocenters. The molecule has 6 nitrogen and oxygen atoms in total. The van der Waals surface area contributed by atoms with Gasteiger partial charge in [0.05, 0.1) is 27.9 Å². The lowest BCUT2D eigenvalue weighted by molar-refractivity contribution is -0.117. The van der Waals surface area contributed by atoms with E-state index in [4.69, 9.17) is 14.2 Å². The van der Waals surface area contributed by atoms with Gasteiger partial charge in [-0.05, 0) is 18.5 Å². The Hall–Kier alpha value is -2.73. The molecule has 2 aromatic rings. The minimum absolute atomic E-state index is 0.0892. The first kappa shape index (κ1) is 20.6. The molecule has 6 heteroatoms. The number of methoxy groups -OCH3 is 3. The minimum atomic E-state index is -0.0892. The highest BCUT2D eigenvalue weighted by Crippen LogP contribution is 2.39. The molecule has 0 unspecified atom stereocenters. The van der Waals surface area contributed by atoms with Gasteiger partial charge in [-0.3, -0.25) is 9.69 Å². The van der Waals surface area contributed by atoms with E-state index < -0.39 is 0 Å². The zero-order chi connectivity index (χ0) is 19.6. The number of ether oxygens (including phenoxy) is 3. The summed E-state index contributed by atoms with van der Waals surface area (Å²) in [5.74, 6) is 1.41. The van der Waals surface area contributed by atoms with E-state index in [9.17, 15) is 4.79 Å². The monoisotopic (exact) mass is 372 g/mol. The highest BCUT2D eigenvalue weighted by molar-refractivity contribution is 5.93. The first-order valence-corrected chi connectivity index (χ1v) is 8.97. The summed E-state index contributed by atoms with van der Waals surface area (Å²) in [6.07, 6.45) is 0.976. The number of amides is 1. The molecule has 0 aromatic heterocycles. The van der Waals surface area contributed by atoms with Gasteiger partial charge in [0.15, 0.2) is 11.5 Å². The van der Waals surface area contributed by atoms with Crippen LogP contribution in [-0.2, 0) is 11.3 Å². The van der Waals surface area contributed by atoms with E-state index in [0.717, 1.165) is 19.5 Å². The number of rotatable bonds is 10. The lowest BCUT2D eigenvalue weighted by atomic mass is 10.2. The average Bonchev–Trinajstić information content (AvgIpc) is 2.68. The summed E-state index contributed by atoms with van der Waals surface area (Å²) >= 11 is 0. The largest absolute Gasteiger partial charge is 0.493 e. The summed E-state index contributed by atoms with van der Waals surface area (Å²) in [5, 5.41) is 2.92. The molecule has 2 rings (SSSR count). The predicted octanol–water partition coefficient (Wildman–Crippen LogP) is 3.56. The highest BCUT2D eigenvalue weighted by Gasteiger charge is 2.16. The maximum Gasteiger partial charge on any atom is 0.238 e. The van der Waals surface area contributed by atoms with Crippen LogP contribution in [0, 0.1) is 0 Å². The van der Waals surface area contributed by atoms with Gasteiger partial charge in [0.1, 0.15) is 0 Å². The van der Waals surface area contributed by atoms with Crippen molar-refractivity contribution in [2.75, 3.05) is 39.7 Å². The molecule has 27 heavy (non-hydrogen) atoms. The van der Waals surface area contributed by atoms with E-state index in [1.54, 1.807) is 33.5 Å². The third-order valence-corrected chi connectivity index (χ3v) is 4.10. The summed E-state index contributed by atoms with van der Waals surface area (Å²) in [6, 6.07) is 13.6. The molecule has 0 aliphatic carbocycles. The second kappa shape index (κ2) is 10.4. The molecule has 1 amide bonds. The van der Waals surface area contributed by atoms with Gasteiger partial charge in [0.2, 0.25) is 11.7 Å². The van der Waals surface area contributed by atoms with Crippen LogP contribution in [0.4, 0.5) is 5.69 Å². The molecule has 0 saturated heterocycles. The number of hydrogen-bond acceptors (Lipinski definition) is 5. The van der Waals surface area contributed by atoms with Gasteiger partial charge >= 0.3 is 0 Å². The van der Waals surface area contributed by atoms with Gasteiger partial charge in [0, 0.05) is 24.4 Å². The van der Waals surface area contributed by atoms with Crippen LogP contribution < -0.4 is 19.5 Å². The van der Waals surface area contributed by atoms with Crippen LogP contribution in [0.5, 0.6) is 17.2 Å². The molecular weight excluding hydrogens is 344 g/mol. The minimum Gasteiger partial charge on any atom is -0.493 e. The quantitative estimate of drug-likeness (QED) is 0.691. The van der Waals surface area contributed by atoms with Crippen LogP contribution in [-0.4, -0.2) is 45.2 Å². The summed E-state index contributed by atoms with van der Waals surface area (Å²) in [4.78, 5) is 14.7. The maximum absolute atomic E-state index is 12.6. The molecule has 2 aromatic carbocycles. The van der Waals surface area contributed by atoms with Crippen molar-refractivity contribution in [2.45, 2.75) is 19.9 Å². The summed E-state index contributed by atoms with van der Waals surface area (Å²) in [5.41, 5.74) is 1.79. The Labute approximate surface area is 161 Å². The first-order chi connectivity index (χ1) is 13.1. The van der Waals surface area contributed by atoms with Gasteiger partial charge < -0.3 is 19.5 Å². The van der Waals surface area contributed by atoms with Crippen LogP contribution in [0.1, 0.15) is 18.9 Å². The predicted molar refractivity (Wildman–Crippen MR) is 107 cm³/mol. The smallest absolute Gasteiger partial charge is 0.238 e. The number of benzene rings is 2. The summed E-state index contributed by atoms with van der Waals surface area (Å²) < 4.78 is 16.0. The number of nitrogens with zero attached hydrogens (tertiary/aromatic N) is 1. The van der Waals surface area contributed by atoms with E-state index in [-0.39, 0.29) is 5.91 Å². The topological polar surface area (TPSA) is 60.0 Å². The Morgan fingerprint density at radius 2 is 1.63 bits per heavy atom. The number of carbonyl (C=O) groups excluding carboxylic acids is 1. The third kappa shape index (κ3) is 5.89. The molecule has 0 heterocycles. The number of anilines is 1. The Balaban J connectivity index is 2.08. The molecule has 0 aliphatic rings. The molecule has 0 aliphatic heterocycles. The Bertz CT molecular complexity index is 709. The van der Waals surface area contributed by atoms with Crippen molar-refractivity contribution in [3.05, 3.63) is 48.0 Å². The molecular formula is C21H28N2O4. The fraction of sp³-hybridized carbons (Fsp3) is 0.381. The molecule has 0 radical (unpaired) electrons. The van der Waals surface area contributed by atoms with Gasteiger partial charge in [-0.15, -0.1) is 0 Å². The molecule has 146 valence electrons. The lowest BCUT2D eigenvalue weighted by Gasteiger charge is -2.21. The summed E-state index contributed by atoms with van der Waals surface area (Å²) in [6.45, 7) is 3.99. The van der Waals surface area contributed by atoms with Crippen molar-refractivity contribution >= 4 is 11.6 Å². The standard InChI is InChI=1S/C21H28N2O4/c1-5-11-23(14-16-9-7-6-8-10-16)15-20(24)22-17-12-18(25-2)21(27-4)19(13-17)26-3/h6-10,12-13H,5,11,14-15H2,1-4H3,(H,22,24). The van der Waals surface area contributed by atoms with Crippen molar-refractivity contribution in [3.63, 3.8) is 0 Å². The Morgan fingerprint density at radius 3 is 2.15 bits per heavy atom. The van der Waals surface area contributed by atoms with Crippen molar-refractivity contribution in [3.8, 4) is 17.2 Å². The van der Waals surface area contributed by atoms with E-state index in [1.165, 1.54) is 5.56 Å². The van der Waals surface area contributed by atoms with Crippen molar-refractivity contribution < 1.29 is 19.0 Å². The van der Waals surface area contributed by atoms with Gasteiger partial charge in [-0.2, -0.15) is 0 Å². The van der Waals surface area contributed by atoms with Gasteiger partial charge in [-0.1, -0.05) is 37.3 Å². The first-order valence-electron chi connectivity index (χ1n) is 8.97. The van der Waals surface area contributed by atoms with Gasteiger partial charge in [-0.25, -0.2) is 0 Å². The van der Waals surface area contributed by atoms with Crippen LogP contribution in [0.2, 0.25) is 0 Å². The SMILES string of the molecule is CCCN(CC(=O)Nc1cc(OC)c(OC)c(OC)c1)Cc1ccccc1. The van der Waals surface area contributed by atoms with E-state index in [0.29, 0.717) is 29.5 Å². The Kier molecular flexibility index (Phi) is 7.95. The van der Waals surface area contributed by atoms with Crippen LogP contribution >= 0.6 is 0 Å². The van der Waals surface area contributed by atoms with Crippen LogP contribution in [0.25, 0.3) is 0 Å². The van der Waals surface area contributed by atoms with E-state index in [1.807, 2.05) is 18.2 Å². The second-order valence-electron chi connectivity index (χ2n) is 6.16. The normalized spacial score (nSPS) is 10.6.